The molecule has 0 fully saturated rings. The van der Waals surface area contributed by atoms with Gasteiger partial charge in [0.25, 0.3) is 12.4 Å². The van der Waals surface area contributed by atoms with Crippen molar-refractivity contribution in [1.82, 2.24) is 10.3 Å². The van der Waals surface area contributed by atoms with Gasteiger partial charge in [0.05, 0.1) is 0 Å². The monoisotopic (exact) mass is 298 g/mol. The van der Waals surface area contributed by atoms with Gasteiger partial charge in [0, 0.05) is 18.9 Å². The summed E-state index contributed by atoms with van der Waals surface area (Å²) in [7, 11) is 0. The molecule has 0 saturated heterocycles. The van der Waals surface area contributed by atoms with Gasteiger partial charge in [0.1, 0.15) is 0 Å². The second-order valence-corrected chi connectivity index (χ2v) is 4.82. The zero-order valence-electron chi connectivity index (χ0n) is 12.1. The average molecular weight is 298 g/mol. The normalized spacial score (nSPS) is 11.5. The molecule has 0 aliphatic rings. The molecule has 2 rings (SSSR count). The summed E-state index contributed by atoms with van der Waals surface area (Å²) in [6.45, 7) is 0.677. The van der Waals surface area contributed by atoms with E-state index in [0.29, 0.717) is 25.9 Å². The van der Waals surface area contributed by atoms with Crippen LogP contribution in [0.15, 0.2) is 54.9 Å². The van der Waals surface area contributed by atoms with Crippen LogP contribution in [0.5, 0.6) is 0 Å². The van der Waals surface area contributed by atoms with Gasteiger partial charge >= 0.3 is 0 Å². The van der Waals surface area contributed by atoms with E-state index < -0.39 is 6.10 Å². The summed E-state index contributed by atoms with van der Waals surface area (Å²) in [5, 5.41) is 2.76. The van der Waals surface area contributed by atoms with Crippen LogP contribution >= 0.6 is 0 Å². The Kier molecular flexibility index (Phi) is 6.11. The third-order valence-corrected chi connectivity index (χ3v) is 3.24. The molecule has 1 aromatic heterocycles. The number of carbonyl (C=O) groups is 2. The molecular weight excluding hydrogens is 280 g/mol. The molecular formula is C17H18N2O3. The van der Waals surface area contributed by atoms with E-state index in [1.165, 1.54) is 0 Å². The Morgan fingerprint density at radius 2 is 1.95 bits per heavy atom. The first kappa shape index (κ1) is 15.7. The van der Waals surface area contributed by atoms with E-state index in [0.717, 1.165) is 11.1 Å². The molecule has 1 amide bonds. The maximum Gasteiger partial charge on any atom is 0.293 e. The van der Waals surface area contributed by atoms with E-state index in [4.69, 9.17) is 4.74 Å². The number of benzene rings is 1. The SMILES string of the molecule is O=COC(CCc1ccccc1)C(=O)NCc1cccnc1. The molecule has 5 heteroatoms. The van der Waals surface area contributed by atoms with E-state index in [1.807, 2.05) is 36.4 Å². The highest BCUT2D eigenvalue weighted by atomic mass is 16.5. The zero-order valence-corrected chi connectivity index (χ0v) is 12.1. The van der Waals surface area contributed by atoms with Crippen LogP contribution in [0.3, 0.4) is 0 Å². The van der Waals surface area contributed by atoms with Crippen molar-refractivity contribution in [2.24, 2.45) is 0 Å². The van der Waals surface area contributed by atoms with E-state index in [-0.39, 0.29) is 5.91 Å². The van der Waals surface area contributed by atoms with Crippen LogP contribution < -0.4 is 5.32 Å². The number of amides is 1. The van der Waals surface area contributed by atoms with Crippen molar-refractivity contribution >= 4 is 12.4 Å². The molecule has 1 heterocycles. The molecule has 0 spiro atoms. The maximum atomic E-state index is 12.1. The second-order valence-electron chi connectivity index (χ2n) is 4.82. The molecule has 114 valence electrons. The molecule has 1 atom stereocenters. The lowest BCUT2D eigenvalue weighted by molar-refractivity contribution is -0.145. The van der Waals surface area contributed by atoms with Crippen molar-refractivity contribution in [2.45, 2.75) is 25.5 Å². The highest BCUT2D eigenvalue weighted by Crippen LogP contribution is 2.07. The number of rotatable bonds is 8. The minimum atomic E-state index is -0.783. The summed E-state index contributed by atoms with van der Waals surface area (Å²) < 4.78 is 4.91. The smallest absolute Gasteiger partial charge is 0.293 e. The molecule has 1 unspecified atom stereocenters. The van der Waals surface area contributed by atoms with Gasteiger partial charge in [-0.2, -0.15) is 0 Å². The standard InChI is InChI=1S/C17H18N2O3/c20-13-22-16(9-8-14-5-2-1-3-6-14)17(21)19-12-15-7-4-10-18-11-15/h1-7,10-11,13,16H,8-9,12H2,(H,19,21). The number of aryl methyl sites for hydroxylation is 1. The first-order valence-electron chi connectivity index (χ1n) is 7.09. The van der Waals surface area contributed by atoms with Gasteiger partial charge in [0.15, 0.2) is 6.10 Å². The van der Waals surface area contributed by atoms with Crippen LogP contribution in [-0.4, -0.2) is 23.5 Å². The third kappa shape index (κ3) is 5.01. The minimum absolute atomic E-state index is 0.299. The number of carbonyl (C=O) groups excluding carboxylic acids is 2. The fraction of sp³-hybridized carbons (Fsp3) is 0.235. The van der Waals surface area contributed by atoms with E-state index in [1.54, 1.807) is 18.5 Å². The number of aromatic nitrogens is 1. The molecule has 0 bridgehead atoms. The first-order valence-corrected chi connectivity index (χ1v) is 7.09. The second kappa shape index (κ2) is 8.56. The van der Waals surface area contributed by atoms with Gasteiger partial charge in [-0.05, 0) is 30.0 Å². The van der Waals surface area contributed by atoms with Gasteiger partial charge in [-0.1, -0.05) is 36.4 Å². The van der Waals surface area contributed by atoms with Crippen molar-refractivity contribution in [3.63, 3.8) is 0 Å². The van der Waals surface area contributed by atoms with Crippen molar-refractivity contribution in [2.75, 3.05) is 0 Å². The van der Waals surface area contributed by atoms with E-state index >= 15 is 0 Å². The fourth-order valence-electron chi connectivity index (χ4n) is 2.08. The summed E-state index contributed by atoms with van der Waals surface area (Å²) in [5.41, 5.74) is 1.99. The van der Waals surface area contributed by atoms with Crippen LogP contribution in [0.1, 0.15) is 17.5 Å². The molecule has 0 aliphatic heterocycles. The van der Waals surface area contributed by atoms with Gasteiger partial charge < -0.3 is 10.1 Å². The summed E-state index contributed by atoms with van der Waals surface area (Å²) in [4.78, 5) is 26.7. The van der Waals surface area contributed by atoms with Gasteiger partial charge in [-0.15, -0.1) is 0 Å². The Morgan fingerprint density at radius 1 is 1.18 bits per heavy atom. The summed E-state index contributed by atoms with van der Waals surface area (Å²) in [6, 6.07) is 13.4. The Morgan fingerprint density at radius 3 is 2.64 bits per heavy atom. The Balaban J connectivity index is 1.86. The van der Waals surface area contributed by atoms with Gasteiger partial charge in [-0.25, -0.2) is 0 Å². The zero-order chi connectivity index (χ0) is 15.6. The predicted octanol–water partition coefficient (Wildman–Crippen LogP) is 1.87. The van der Waals surface area contributed by atoms with Crippen molar-refractivity contribution < 1.29 is 14.3 Å². The number of hydrogen-bond donors (Lipinski definition) is 1. The Hall–Kier alpha value is -2.69. The highest BCUT2D eigenvalue weighted by Gasteiger charge is 2.19. The average Bonchev–Trinajstić information content (AvgIpc) is 2.58. The van der Waals surface area contributed by atoms with Crippen LogP contribution in [0.4, 0.5) is 0 Å². The van der Waals surface area contributed by atoms with Crippen molar-refractivity contribution in [1.29, 1.82) is 0 Å². The summed E-state index contributed by atoms with van der Waals surface area (Å²) in [6.07, 6.45) is 3.68. The van der Waals surface area contributed by atoms with Crippen LogP contribution in [0.25, 0.3) is 0 Å². The molecule has 2 aromatic rings. The predicted molar refractivity (Wildman–Crippen MR) is 81.8 cm³/mol. The quantitative estimate of drug-likeness (QED) is 0.755. The van der Waals surface area contributed by atoms with E-state index in [2.05, 4.69) is 10.3 Å². The molecule has 0 saturated carbocycles. The van der Waals surface area contributed by atoms with Gasteiger partial charge in [0.2, 0.25) is 0 Å². The van der Waals surface area contributed by atoms with E-state index in [9.17, 15) is 9.59 Å². The first-order chi connectivity index (χ1) is 10.8. The largest absolute Gasteiger partial charge is 0.454 e. The van der Waals surface area contributed by atoms with Crippen LogP contribution in [0.2, 0.25) is 0 Å². The lowest BCUT2D eigenvalue weighted by Gasteiger charge is -2.15. The lowest BCUT2D eigenvalue weighted by atomic mass is 10.1. The molecule has 0 aliphatic carbocycles. The third-order valence-electron chi connectivity index (χ3n) is 3.24. The fourth-order valence-corrected chi connectivity index (χ4v) is 2.08. The minimum Gasteiger partial charge on any atom is -0.454 e. The molecule has 22 heavy (non-hydrogen) atoms. The number of ether oxygens (including phenoxy) is 1. The van der Waals surface area contributed by atoms with Crippen molar-refractivity contribution in [3.8, 4) is 0 Å². The van der Waals surface area contributed by atoms with Crippen LogP contribution in [0, 0.1) is 0 Å². The Bertz CT molecular complexity index is 587. The van der Waals surface area contributed by atoms with Gasteiger partial charge in [-0.3, -0.25) is 14.6 Å². The molecule has 1 N–H and O–H groups in total. The number of nitrogens with one attached hydrogen (secondary N) is 1. The van der Waals surface area contributed by atoms with Crippen LogP contribution in [-0.2, 0) is 27.3 Å². The van der Waals surface area contributed by atoms with Crippen molar-refractivity contribution in [3.05, 3.63) is 66.0 Å². The highest BCUT2D eigenvalue weighted by molar-refractivity contribution is 5.81. The molecule has 5 nitrogen and oxygen atoms in total. The number of nitrogens with zero attached hydrogens (tertiary/aromatic N) is 1. The lowest BCUT2D eigenvalue weighted by Crippen LogP contribution is -2.36. The molecule has 1 aromatic carbocycles. The topological polar surface area (TPSA) is 68.3 Å². The maximum absolute atomic E-state index is 12.1. The number of pyridine rings is 1. The molecule has 0 radical (unpaired) electrons. The summed E-state index contributed by atoms with van der Waals surface area (Å²) in [5.74, 6) is -0.299. The number of hydrogen-bond acceptors (Lipinski definition) is 4. The Labute approximate surface area is 129 Å². The summed E-state index contributed by atoms with van der Waals surface area (Å²) >= 11 is 0.